The van der Waals surface area contributed by atoms with Gasteiger partial charge in [-0.3, -0.25) is 0 Å². The van der Waals surface area contributed by atoms with Gasteiger partial charge in [-0.15, -0.1) is 11.3 Å². The van der Waals surface area contributed by atoms with E-state index in [-0.39, 0.29) is 12.1 Å². The molecule has 3 rings (SSSR count). The van der Waals surface area contributed by atoms with Crippen molar-refractivity contribution < 1.29 is 14.3 Å². The van der Waals surface area contributed by atoms with Gasteiger partial charge >= 0.3 is 6.03 Å². The van der Waals surface area contributed by atoms with Crippen LogP contribution in [0.3, 0.4) is 0 Å². The Kier molecular flexibility index (Phi) is 6.85. The molecule has 1 fully saturated rings. The molecule has 0 radical (unpaired) electrons. The topological polar surface area (TPSA) is 72.5 Å². The van der Waals surface area contributed by atoms with Crippen LogP contribution in [0.25, 0.3) is 0 Å². The first-order chi connectivity index (χ1) is 12.7. The minimum atomic E-state index is -0.228. The number of carbonyl (C=O) groups excluding carboxylic acids is 1. The maximum atomic E-state index is 12.1. The average molecular weight is 375 g/mol. The summed E-state index contributed by atoms with van der Waals surface area (Å²) >= 11 is 1.66. The molecule has 1 unspecified atom stereocenters. The largest absolute Gasteiger partial charge is 0.489 e. The van der Waals surface area contributed by atoms with Crippen molar-refractivity contribution in [3.8, 4) is 5.75 Å². The number of aryl methyl sites for hydroxylation is 2. The van der Waals surface area contributed by atoms with Crippen molar-refractivity contribution in [2.24, 2.45) is 0 Å². The van der Waals surface area contributed by atoms with E-state index < -0.39 is 0 Å². The lowest BCUT2D eigenvalue weighted by Gasteiger charge is -2.15. The van der Waals surface area contributed by atoms with E-state index in [1.807, 2.05) is 36.6 Å². The number of aromatic nitrogens is 1. The fourth-order valence-electron chi connectivity index (χ4n) is 2.78. The fraction of sp³-hybridized carbons (Fsp3) is 0.474. The lowest BCUT2D eigenvalue weighted by molar-refractivity contribution is 0.0682. The molecule has 140 valence electrons. The normalized spacial score (nSPS) is 16.4. The summed E-state index contributed by atoms with van der Waals surface area (Å²) in [4.78, 5) is 16.5. The number of hydrogen-bond donors (Lipinski definition) is 2. The van der Waals surface area contributed by atoms with Gasteiger partial charge < -0.3 is 20.1 Å². The van der Waals surface area contributed by atoms with Crippen LogP contribution in [0, 0.1) is 6.92 Å². The quantitative estimate of drug-likeness (QED) is 0.689. The van der Waals surface area contributed by atoms with E-state index in [1.165, 1.54) is 0 Å². The van der Waals surface area contributed by atoms with Crippen LogP contribution in [0.5, 0.6) is 5.75 Å². The molecule has 26 heavy (non-hydrogen) atoms. The first kappa shape index (κ1) is 18.7. The Morgan fingerprint density at radius 2 is 2.31 bits per heavy atom. The van der Waals surface area contributed by atoms with Crippen LogP contribution in [-0.2, 0) is 11.2 Å². The molecule has 7 heteroatoms. The molecule has 0 aliphatic carbocycles. The number of thiazole rings is 1. The number of benzene rings is 1. The molecule has 2 N–H and O–H groups in total. The molecule has 1 aromatic carbocycles. The third-order valence-corrected chi connectivity index (χ3v) is 5.13. The predicted octanol–water partition coefficient (Wildman–Crippen LogP) is 3.76. The standard InChI is InChI=1S/C19H25N3O3S/c1-14-13-26-18(21-14)9-4-10-20-19(23)22-16-7-2-3-8-17(16)25-12-15-6-5-11-24-15/h2-3,7-8,13,15H,4-6,9-12H2,1H3,(H2,20,22,23). The molecule has 6 nitrogen and oxygen atoms in total. The van der Waals surface area contributed by atoms with Gasteiger partial charge in [-0.05, 0) is 38.3 Å². The van der Waals surface area contributed by atoms with Gasteiger partial charge in [-0.1, -0.05) is 12.1 Å². The third kappa shape index (κ3) is 5.71. The second kappa shape index (κ2) is 9.54. The van der Waals surface area contributed by atoms with E-state index in [2.05, 4.69) is 15.6 Å². The van der Waals surface area contributed by atoms with Crippen molar-refractivity contribution in [3.63, 3.8) is 0 Å². The van der Waals surface area contributed by atoms with E-state index in [0.29, 0.717) is 24.6 Å². The molecule has 0 saturated carbocycles. The van der Waals surface area contributed by atoms with E-state index in [1.54, 1.807) is 11.3 Å². The number of nitrogens with zero attached hydrogens (tertiary/aromatic N) is 1. The van der Waals surface area contributed by atoms with Crippen LogP contribution in [0.15, 0.2) is 29.6 Å². The second-order valence-electron chi connectivity index (χ2n) is 6.31. The molecule has 1 aliphatic rings. The van der Waals surface area contributed by atoms with Crippen LogP contribution in [-0.4, -0.2) is 36.9 Å². The Hall–Kier alpha value is -2.12. The van der Waals surface area contributed by atoms with Gasteiger partial charge in [0, 0.05) is 30.6 Å². The summed E-state index contributed by atoms with van der Waals surface area (Å²) in [5, 5.41) is 8.89. The molecule has 0 spiro atoms. The molecule has 1 saturated heterocycles. The number of urea groups is 1. The number of amides is 2. The minimum Gasteiger partial charge on any atom is -0.489 e. The Balaban J connectivity index is 1.41. The predicted molar refractivity (Wildman–Crippen MR) is 103 cm³/mol. The van der Waals surface area contributed by atoms with Gasteiger partial charge in [0.05, 0.1) is 16.8 Å². The Bertz CT molecular complexity index is 714. The lowest BCUT2D eigenvalue weighted by atomic mass is 10.2. The van der Waals surface area contributed by atoms with Crippen molar-refractivity contribution in [2.75, 3.05) is 25.1 Å². The highest BCUT2D eigenvalue weighted by atomic mass is 32.1. The number of carbonyl (C=O) groups is 1. The van der Waals surface area contributed by atoms with Crippen molar-refractivity contribution >= 4 is 23.1 Å². The Morgan fingerprint density at radius 3 is 3.08 bits per heavy atom. The summed E-state index contributed by atoms with van der Waals surface area (Å²) < 4.78 is 11.4. The number of anilines is 1. The molecule has 2 heterocycles. The molecular formula is C19H25N3O3S. The summed E-state index contributed by atoms with van der Waals surface area (Å²) in [5.74, 6) is 0.663. The van der Waals surface area contributed by atoms with Crippen LogP contribution in [0.1, 0.15) is 30.0 Å². The van der Waals surface area contributed by atoms with Crippen LogP contribution < -0.4 is 15.4 Å². The summed E-state index contributed by atoms with van der Waals surface area (Å²) in [6.45, 7) is 3.90. The maximum absolute atomic E-state index is 12.1. The fourth-order valence-corrected chi connectivity index (χ4v) is 3.60. The van der Waals surface area contributed by atoms with Gasteiger partial charge in [-0.2, -0.15) is 0 Å². The molecule has 1 aliphatic heterocycles. The smallest absolute Gasteiger partial charge is 0.319 e. The van der Waals surface area contributed by atoms with Gasteiger partial charge in [0.1, 0.15) is 12.4 Å². The highest BCUT2D eigenvalue weighted by Crippen LogP contribution is 2.25. The lowest BCUT2D eigenvalue weighted by Crippen LogP contribution is -2.30. The van der Waals surface area contributed by atoms with E-state index in [4.69, 9.17) is 9.47 Å². The van der Waals surface area contributed by atoms with Gasteiger partial charge in [0.25, 0.3) is 0 Å². The van der Waals surface area contributed by atoms with Crippen LogP contribution in [0.4, 0.5) is 10.5 Å². The van der Waals surface area contributed by atoms with E-state index in [0.717, 1.165) is 43.0 Å². The summed E-state index contributed by atoms with van der Waals surface area (Å²) in [6.07, 6.45) is 3.98. The van der Waals surface area contributed by atoms with E-state index in [9.17, 15) is 4.79 Å². The molecule has 0 bridgehead atoms. The summed E-state index contributed by atoms with van der Waals surface area (Å²) in [5.41, 5.74) is 1.72. The molecule has 1 atom stereocenters. The maximum Gasteiger partial charge on any atom is 0.319 e. The number of para-hydroxylation sites is 2. The van der Waals surface area contributed by atoms with E-state index >= 15 is 0 Å². The number of nitrogens with one attached hydrogen (secondary N) is 2. The van der Waals surface area contributed by atoms with Crippen molar-refractivity contribution in [3.05, 3.63) is 40.3 Å². The Morgan fingerprint density at radius 1 is 1.42 bits per heavy atom. The van der Waals surface area contributed by atoms with Gasteiger partial charge in [0.2, 0.25) is 0 Å². The molecule has 2 aromatic rings. The third-order valence-electron chi connectivity index (χ3n) is 4.10. The summed E-state index contributed by atoms with van der Waals surface area (Å²) in [7, 11) is 0. The first-order valence-corrected chi connectivity index (χ1v) is 9.88. The first-order valence-electron chi connectivity index (χ1n) is 9.00. The highest BCUT2D eigenvalue weighted by molar-refractivity contribution is 7.09. The van der Waals surface area contributed by atoms with Gasteiger partial charge in [0.15, 0.2) is 0 Å². The monoisotopic (exact) mass is 375 g/mol. The molecular weight excluding hydrogens is 350 g/mol. The average Bonchev–Trinajstić information content (AvgIpc) is 3.30. The zero-order valence-corrected chi connectivity index (χ0v) is 15.8. The Labute approximate surface area is 157 Å². The van der Waals surface area contributed by atoms with Crippen molar-refractivity contribution in [1.29, 1.82) is 0 Å². The van der Waals surface area contributed by atoms with Gasteiger partial charge in [-0.25, -0.2) is 9.78 Å². The number of hydrogen-bond acceptors (Lipinski definition) is 5. The summed E-state index contributed by atoms with van der Waals surface area (Å²) in [6, 6.07) is 7.23. The molecule has 1 aromatic heterocycles. The SMILES string of the molecule is Cc1csc(CCCNC(=O)Nc2ccccc2OCC2CCCO2)n1. The number of rotatable bonds is 8. The zero-order valence-electron chi connectivity index (χ0n) is 15.0. The van der Waals surface area contributed by atoms with Crippen LogP contribution >= 0.6 is 11.3 Å². The minimum absolute atomic E-state index is 0.145. The van der Waals surface area contributed by atoms with Crippen molar-refractivity contribution in [1.82, 2.24) is 10.3 Å². The number of ether oxygens (including phenoxy) is 2. The highest BCUT2D eigenvalue weighted by Gasteiger charge is 2.17. The van der Waals surface area contributed by atoms with Crippen LogP contribution in [0.2, 0.25) is 0 Å². The second-order valence-corrected chi connectivity index (χ2v) is 7.25. The molecule has 2 amide bonds. The van der Waals surface area contributed by atoms with Crippen molar-refractivity contribution in [2.45, 2.75) is 38.7 Å². The zero-order chi connectivity index (χ0) is 18.2.